The first-order chi connectivity index (χ1) is 9.59. The summed E-state index contributed by atoms with van der Waals surface area (Å²) < 4.78 is 0. The highest BCUT2D eigenvalue weighted by Gasteiger charge is 2.34. The molecule has 0 aromatic carbocycles. The quantitative estimate of drug-likeness (QED) is 0.722. The minimum atomic E-state index is -0.959. The molecule has 0 aromatic rings. The number of hydrogen-bond acceptors (Lipinski definition) is 3. The molecule has 0 saturated carbocycles. The Hall–Kier alpha value is -1.79. The predicted molar refractivity (Wildman–Crippen MR) is 71.2 cm³/mol. The van der Waals surface area contributed by atoms with E-state index in [-0.39, 0.29) is 18.5 Å². The summed E-state index contributed by atoms with van der Waals surface area (Å²) in [5.41, 5.74) is 0. The summed E-state index contributed by atoms with van der Waals surface area (Å²) in [7, 11) is 0. The van der Waals surface area contributed by atoms with Gasteiger partial charge in [-0.1, -0.05) is 12.8 Å². The Morgan fingerprint density at radius 1 is 1.15 bits per heavy atom. The molecule has 3 amide bonds. The topological polar surface area (TPSA) is 90.0 Å². The molecular weight excluding hydrogens is 262 g/mol. The zero-order valence-electron chi connectivity index (χ0n) is 11.5. The number of carboxylic acids is 1. The average molecular weight is 283 g/mol. The molecule has 0 aliphatic carbocycles. The summed E-state index contributed by atoms with van der Waals surface area (Å²) in [6.45, 7) is 1.51. The fourth-order valence-electron chi connectivity index (χ4n) is 2.74. The van der Waals surface area contributed by atoms with Crippen molar-refractivity contribution in [3.63, 3.8) is 0 Å². The van der Waals surface area contributed by atoms with E-state index in [0.29, 0.717) is 32.5 Å². The first kappa shape index (κ1) is 14.6. The van der Waals surface area contributed by atoms with Crippen LogP contribution in [0.2, 0.25) is 0 Å². The second-order valence-corrected chi connectivity index (χ2v) is 5.30. The molecule has 0 spiro atoms. The van der Waals surface area contributed by atoms with Crippen LogP contribution in [-0.2, 0) is 9.59 Å². The van der Waals surface area contributed by atoms with Crippen LogP contribution in [0.15, 0.2) is 0 Å². The number of carbonyl (C=O) groups is 3. The molecule has 2 saturated heterocycles. The highest BCUT2D eigenvalue weighted by molar-refractivity contribution is 5.87. The Morgan fingerprint density at radius 2 is 1.95 bits per heavy atom. The lowest BCUT2D eigenvalue weighted by Crippen LogP contribution is -2.52. The molecule has 2 fully saturated rings. The van der Waals surface area contributed by atoms with Gasteiger partial charge in [-0.15, -0.1) is 0 Å². The average Bonchev–Trinajstić information content (AvgIpc) is 2.77. The van der Waals surface area contributed by atoms with Crippen molar-refractivity contribution in [2.75, 3.05) is 26.2 Å². The molecular formula is C13H21N3O4. The van der Waals surface area contributed by atoms with Crippen LogP contribution < -0.4 is 5.32 Å². The smallest absolute Gasteiger partial charge is 0.326 e. The molecule has 7 nitrogen and oxygen atoms in total. The highest BCUT2D eigenvalue weighted by atomic mass is 16.4. The van der Waals surface area contributed by atoms with Gasteiger partial charge in [-0.2, -0.15) is 0 Å². The lowest BCUT2D eigenvalue weighted by Gasteiger charge is -2.32. The van der Waals surface area contributed by atoms with Crippen LogP contribution in [0, 0.1) is 0 Å². The predicted octanol–water partition coefficient (Wildman–Crippen LogP) is 0.258. The van der Waals surface area contributed by atoms with Crippen molar-refractivity contribution in [3.8, 4) is 0 Å². The first-order valence-electron chi connectivity index (χ1n) is 7.14. The van der Waals surface area contributed by atoms with E-state index in [1.807, 2.05) is 0 Å². The number of likely N-dealkylation sites (tertiary alicyclic amines) is 1. The minimum absolute atomic E-state index is 0.0155. The molecule has 20 heavy (non-hydrogen) atoms. The third kappa shape index (κ3) is 3.40. The van der Waals surface area contributed by atoms with Gasteiger partial charge in [0.1, 0.15) is 12.6 Å². The molecule has 0 bridgehead atoms. The first-order valence-corrected chi connectivity index (χ1v) is 7.14. The number of nitrogens with one attached hydrogen (secondary N) is 1. The van der Waals surface area contributed by atoms with E-state index < -0.39 is 12.0 Å². The lowest BCUT2D eigenvalue weighted by atomic mass is 10.1. The lowest BCUT2D eigenvalue weighted by molar-refractivity contribution is -0.142. The Bertz CT molecular complexity index is 399. The van der Waals surface area contributed by atoms with Crippen molar-refractivity contribution in [2.24, 2.45) is 0 Å². The van der Waals surface area contributed by atoms with Gasteiger partial charge in [0.25, 0.3) is 0 Å². The number of hydrogen-bond donors (Lipinski definition) is 2. The van der Waals surface area contributed by atoms with Gasteiger partial charge in [0, 0.05) is 19.6 Å². The maximum atomic E-state index is 12.5. The van der Waals surface area contributed by atoms with Crippen LogP contribution in [0.4, 0.5) is 4.79 Å². The van der Waals surface area contributed by atoms with Crippen LogP contribution >= 0.6 is 0 Å². The van der Waals surface area contributed by atoms with Crippen molar-refractivity contribution in [3.05, 3.63) is 0 Å². The van der Waals surface area contributed by atoms with Gasteiger partial charge < -0.3 is 20.2 Å². The van der Waals surface area contributed by atoms with Crippen molar-refractivity contribution < 1.29 is 19.5 Å². The second kappa shape index (κ2) is 6.58. The minimum Gasteiger partial charge on any atom is -0.480 e. The van der Waals surface area contributed by atoms with E-state index >= 15 is 0 Å². The summed E-state index contributed by atoms with van der Waals surface area (Å²) in [5.74, 6) is -1.14. The molecule has 0 radical (unpaired) electrons. The van der Waals surface area contributed by atoms with Crippen molar-refractivity contribution in [1.82, 2.24) is 15.1 Å². The fraction of sp³-hybridized carbons (Fsp3) is 0.769. The maximum absolute atomic E-state index is 12.5. The summed E-state index contributed by atoms with van der Waals surface area (Å²) in [5, 5.41) is 12.0. The van der Waals surface area contributed by atoms with Crippen molar-refractivity contribution in [2.45, 2.75) is 38.1 Å². The number of rotatable bonds is 1. The summed E-state index contributed by atoms with van der Waals surface area (Å²) >= 11 is 0. The number of aliphatic carboxylic acids is 1. The van der Waals surface area contributed by atoms with Gasteiger partial charge >= 0.3 is 12.0 Å². The van der Waals surface area contributed by atoms with Crippen LogP contribution in [0.3, 0.4) is 0 Å². The van der Waals surface area contributed by atoms with Gasteiger partial charge in [-0.05, 0) is 19.3 Å². The molecule has 7 heteroatoms. The second-order valence-electron chi connectivity index (χ2n) is 5.30. The summed E-state index contributed by atoms with van der Waals surface area (Å²) in [6, 6.07) is -1.09. The monoisotopic (exact) mass is 283 g/mol. The number of carboxylic acid groups (broad SMARTS) is 1. The van der Waals surface area contributed by atoms with E-state index in [4.69, 9.17) is 0 Å². The Balaban J connectivity index is 2.11. The van der Waals surface area contributed by atoms with Crippen LogP contribution in [0.25, 0.3) is 0 Å². The molecule has 2 heterocycles. The number of amides is 3. The number of urea groups is 1. The fourth-order valence-corrected chi connectivity index (χ4v) is 2.74. The van der Waals surface area contributed by atoms with E-state index in [1.165, 1.54) is 9.80 Å². The van der Waals surface area contributed by atoms with Crippen molar-refractivity contribution >= 4 is 17.9 Å². The number of nitrogens with zero attached hydrogens (tertiary/aromatic N) is 2. The number of carbonyl (C=O) groups excluding carboxylic acids is 2. The molecule has 1 atom stereocenters. The third-order valence-corrected chi connectivity index (χ3v) is 3.82. The zero-order chi connectivity index (χ0) is 14.5. The Kier molecular flexibility index (Phi) is 4.81. The van der Waals surface area contributed by atoms with Gasteiger partial charge in [0.15, 0.2) is 0 Å². The van der Waals surface area contributed by atoms with Crippen LogP contribution in [-0.4, -0.2) is 65.0 Å². The zero-order valence-corrected chi connectivity index (χ0v) is 11.5. The van der Waals surface area contributed by atoms with Gasteiger partial charge in [0.2, 0.25) is 5.91 Å². The van der Waals surface area contributed by atoms with Crippen molar-refractivity contribution in [1.29, 1.82) is 0 Å². The summed E-state index contributed by atoms with van der Waals surface area (Å²) in [4.78, 5) is 38.3. The van der Waals surface area contributed by atoms with Crippen LogP contribution in [0.5, 0.6) is 0 Å². The SMILES string of the molecule is O=C1CN(C(=O)N2CCCCCC2C(=O)O)CCCN1. The molecule has 2 N–H and O–H groups in total. The molecule has 2 rings (SSSR count). The Morgan fingerprint density at radius 3 is 2.70 bits per heavy atom. The van der Waals surface area contributed by atoms with E-state index in [0.717, 1.165) is 19.3 Å². The molecule has 2 aliphatic heterocycles. The normalized spacial score (nSPS) is 24.6. The largest absolute Gasteiger partial charge is 0.480 e. The van der Waals surface area contributed by atoms with E-state index in [9.17, 15) is 19.5 Å². The molecule has 112 valence electrons. The van der Waals surface area contributed by atoms with Gasteiger partial charge in [0.05, 0.1) is 0 Å². The maximum Gasteiger partial charge on any atom is 0.326 e. The standard InChI is InChI=1S/C13H21N3O4/c17-11-9-15(7-4-6-14-11)13(20)16-8-3-1-2-5-10(16)12(18)19/h10H,1-9H2,(H,14,17)(H,18,19). The Labute approximate surface area is 117 Å². The summed E-state index contributed by atoms with van der Waals surface area (Å²) in [6.07, 6.45) is 3.76. The van der Waals surface area contributed by atoms with E-state index in [1.54, 1.807) is 0 Å². The molecule has 0 aromatic heterocycles. The van der Waals surface area contributed by atoms with Gasteiger partial charge in [-0.3, -0.25) is 4.79 Å². The highest BCUT2D eigenvalue weighted by Crippen LogP contribution is 2.19. The molecule has 1 unspecified atom stereocenters. The van der Waals surface area contributed by atoms with Crippen LogP contribution in [0.1, 0.15) is 32.1 Å². The molecule has 2 aliphatic rings. The van der Waals surface area contributed by atoms with Gasteiger partial charge in [-0.25, -0.2) is 9.59 Å². The third-order valence-electron chi connectivity index (χ3n) is 3.82. The van der Waals surface area contributed by atoms with E-state index in [2.05, 4.69) is 5.32 Å².